The van der Waals surface area contributed by atoms with E-state index in [1.165, 1.54) is 6.07 Å². The van der Waals surface area contributed by atoms with Gasteiger partial charge in [0.05, 0.1) is 11.4 Å². The van der Waals surface area contributed by atoms with Crippen molar-refractivity contribution in [3.8, 4) is 0 Å². The Labute approximate surface area is 149 Å². The van der Waals surface area contributed by atoms with Crippen molar-refractivity contribution in [3.05, 3.63) is 65.7 Å². The van der Waals surface area contributed by atoms with Crippen LogP contribution < -0.4 is 4.72 Å². The lowest BCUT2D eigenvalue weighted by Gasteiger charge is -2.27. The van der Waals surface area contributed by atoms with E-state index in [1.807, 2.05) is 57.2 Å². The molecule has 0 saturated heterocycles. The zero-order valence-electron chi connectivity index (χ0n) is 14.8. The zero-order chi connectivity index (χ0) is 18.4. The number of carbonyl (C=O) groups excluding carboxylic acids is 1. The van der Waals surface area contributed by atoms with Gasteiger partial charge in [-0.05, 0) is 44.0 Å². The van der Waals surface area contributed by atoms with Crippen LogP contribution in [-0.4, -0.2) is 31.8 Å². The molecule has 0 unspecified atom stereocenters. The molecule has 6 heteroatoms. The number of benzene rings is 2. The van der Waals surface area contributed by atoms with Crippen molar-refractivity contribution in [1.82, 2.24) is 9.62 Å². The number of hydrogen-bond acceptors (Lipinski definition) is 3. The molecule has 1 N–H and O–H groups in total. The highest BCUT2D eigenvalue weighted by Crippen LogP contribution is 2.12. The van der Waals surface area contributed by atoms with Crippen molar-refractivity contribution in [1.29, 1.82) is 0 Å². The van der Waals surface area contributed by atoms with Crippen molar-refractivity contribution in [2.75, 3.05) is 6.54 Å². The standard InChI is InChI=1S/C19H24N2O3S/c1-15(2)21(14-17-9-5-4-6-10-17)19(22)13-20-25(23,24)18-11-7-8-16(3)12-18/h4-12,15,20H,13-14H2,1-3H3. The summed E-state index contributed by atoms with van der Waals surface area (Å²) >= 11 is 0. The average Bonchev–Trinajstić information content (AvgIpc) is 2.58. The Bertz CT molecular complexity index is 818. The van der Waals surface area contributed by atoms with Crippen molar-refractivity contribution < 1.29 is 13.2 Å². The van der Waals surface area contributed by atoms with Crippen molar-refractivity contribution in [2.24, 2.45) is 0 Å². The number of amides is 1. The Morgan fingerprint density at radius 3 is 2.36 bits per heavy atom. The third kappa shape index (κ3) is 5.41. The van der Waals surface area contributed by atoms with E-state index in [2.05, 4.69) is 4.72 Å². The molecule has 0 aliphatic rings. The van der Waals surface area contributed by atoms with E-state index in [0.717, 1.165) is 11.1 Å². The Kier molecular flexibility index (Phi) is 6.33. The van der Waals surface area contributed by atoms with Crippen molar-refractivity contribution >= 4 is 15.9 Å². The molecule has 2 rings (SSSR count). The van der Waals surface area contributed by atoms with E-state index in [9.17, 15) is 13.2 Å². The van der Waals surface area contributed by atoms with Gasteiger partial charge in [-0.1, -0.05) is 42.5 Å². The summed E-state index contributed by atoms with van der Waals surface area (Å²) in [6.45, 7) is 5.83. The van der Waals surface area contributed by atoms with Gasteiger partial charge in [0.15, 0.2) is 0 Å². The van der Waals surface area contributed by atoms with Crippen LogP contribution >= 0.6 is 0 Å². The second-order valence-corrected chi connectivity index (χ2v) is 8.01. The summed E-state index contributed by atoms with van der Waals surface area (Å²) in [5, 5.41) is 0. The van der Waals surface area contributed by atoms with E-state index in [1.54, 1.807) is 17.0 Å². The lowest BCUT2D eigenvalue weighted by Crippen LogP contribution is -2.43. The highest BCUT2D eigenvalue weighted by molar-refractivity contribution is 7.89. The molecule has 0 fully saturated rings. The number of sulfonamides is 1. The summed E-state index contributed by atoms with van der Waals surface area (Å²) in [6.07, 6.45) is 0. The minimum Gasteiger partial charge on any atom is -0.335 e. The molecule has 2 aromatic rings. The molecule has 0 aliphatic heterocycles. The molecule has 5 nitrogen and oxygen atoms in total. The van der Waals surface area contributed by atoms with Crippen molar-refractivity contribution in [2.45, 2.75) is 38.3 Å². The average molecular weight is 360 g/mol. The Morgan fingerprint density at radius 1 is 1.08 bits per heavy atom. The fourth-order valence-corrected chi connectivity index (χ4v) is 3.54. The van der Waals surface area contributed by atoms with Gasteiger partial charge in [-0.15, -0.1) is 0 Å². The van der Waals surface area contributed by atoms with Crippen LogP contribution in [-0.2, 0) is 21.4 Å². The van der Waals surface area contributed by atoms with Gasteiger partial charge < -0.3 is 4.90 Å². The molecule has 0 aliphatic carbocycles. The maximum Gasteiger partial charge on any atom is 0.241 e. The first-order valence-corrected chi connectivity index (χ1v) is 9.67. The number of hydrogen-bond donors (Lipinski definition) is 1. The quantitative estimate of drug-likeness (QED) is 0.825. The summed E-state index contributed by atoms with van der Waals surface area (Å²) in [5.74, 6) is -0.255. The summed E-state index contributed by atoms with van der Waals surface area (Å²) in [4.78, 5) is 14.4. The fourth-order valence-electron chi connectivity index (χ4n) is 2.46. The fraction of sp³-hybridized carbons (Fsp3) is 0.316. The number of carbonyl (C=O) groups is 1. The molecule has 0 heterocycles. The minimum atomic E-state index is -3.71. The van der Waals surface area contributed by atoms with E-state index in [-0.39, 0.29) is 23.4 Å². The number of rotatable bonds is 7. The molecule has 25 heavy (non-hydrogen) atoms. The molecular formula is C19H24N2O3S. The van der Waals surface area contributed by atoms with Gasteiger partial charge in [0.25, 0.3) is 0 Å². The van der Waals surface area contributed by atoms with Crippen LogP contribution in [0.1, 0.15) is 25.0 Å². The smallest absolute Gasteiger partial charge is 0.241 e. The molecule has 0 saturated carbocycles. The molecule has 0 bridgehead atoms. The molecular weight excluding hydrogens is 336 g/mol. The summed E-state index contributed by atoms with van der Waals surface area (Å²) < 4.78 is 27.1. The molecule has 0 radical (unpaired) electrons. The number of aryl methyl sites for hydroxylation is 1. The van der Waals surface area contributed by atoms with Gasteiger partial charge >= 0.3 is 0 Å². The Balaban J connectivity index is 2.06. The zero-order valence-corrected chi connectivity index (χ0v) is 15.6. The molecule has 0 spiro atoms. The van der Waals surface area contributed by atoms with E-state index in [0.29, 0.717) is 6.54 Å². The molecule has 0 aromatic heterocycles. The van der Waals surface area contributed by atoms with E-state index in [4.69, 9.17) is 0 Å². The van der Waals surface area contributed by atoms with Crippen molar-refractivity contribution in [3.63, 3.8) is 0 Å². The Hall–Kier alpha value is -2.18. The van der Waals surface area contributed by atoms with Gasteiger partial charge in [-0.2, -0.15) is 0 Å². The monoisotopic (exact) mass is 360 g/mol. The van der Waals surface area contributed by atoms with E-state index >= 15 is 0 Å². The summed E-state index contributed by atoms with van der Waals surface area (Å²) in [7, 11) is -3.71. The van der Waals surface area contributed by atoms with Crippen LogP contribution in [0.5, 0.6) is 0 Å². The first-order chi connectivity index (χ1) is 11.8. The highest BCUT2D eigenvalue weighted by atomic mass is 32.2. The van der Waals surface area contributed by atoms with Crippen LogP contribution in [0.15, 0.2) is 59.5 Å². The van der Waals surface area contributed by atoms with Crippen LogP contribution in [0.2, 0.25) is 0 Å². The first kappa shape index (κ1) is 19.1. The third-order valence-electron chi connectivity index (χ3n) is 3.85. The second-order valence-electron chi connectivity index (χ2n) is 6.24. The van der Waals surface area contributed by atoms with Crippen LogP contribution in [0.3, 0.4) is 0 Å². The molecule has 1 amide bonds. The van der Waals surface area contributed by atoms with Gasteiger partial charge in [0.2, 0.25) is 15.9 Å². The highest BCUT2D eigenvalue weighted by Gasteiger charge is 2.21. The minimum absolute atomic E-state index is 0.0313. The first-order valence-electron chi connectivity index (χ1n) is 8.19. The van der Waals surface area contributed by atoms with Crippen LogP contribution in [0, 0.1) is 6.92 Å². The normalized spacial score (nSPS) is 11.5. The maximum atomic E-state index is 12.5. The third-order valence-corrected chi connectivity index (χ3v) is 5.25. The maximum absolute atomic E-state index is 12.5. The Morgan fingerprint density at radius 2 is 1.76 bits per heavy atom. The largest absolute Gasteiger partial charge is 0.335 e. The predicted octanol–water partition coefficient (Wildman–Crippen LogP) is 2.71. The van der Waals surface area contributed by atoms with Crippen LogP contribution in [0.25, 0.3) is 0 Å². The van der Waals surface area contributed by atoms with Gasteiger partial charge in [-0.25, -0.2) is 13.1 Å². The lowest BCUT2D eigenvalue weighted by atomic mass is 10.2. The van der Waals surface area contributed by atoms with Gasteiger partial charge in [0, 0.05) is 12.6 Å². The summed E-state index contributed by atoms with van der Waals surface area (Å²) in [5.41, 5.74) is 1.85. The topological polar surface area (TPSA) is 66.5 Å². The predicted molar refractivity (Wildman–Crippen MR) is 98.5 cm³/mol. The SMILES string of the molecule is Cc1cccc(S(=O)(=O)NCC(=O)N(Cc2ccccc2)C(C)C)c1. The summed E-state index contributed by atoms with van der Waals surface area (Å²) in [6, 6.07) is 16.2. The molecule has 0 atom stereocenters. The molecule has 2 aromatic carbocycles. The lowest BCUT2D eigenvalue weighted by molar-refractivity contribution is -0.132. The number of nitrogens with zero attached hydrogens (tertiary/aromatic N) is 1. The van der Waals surface area contributed by atoms with Crippen LogP contribution in [0.4, 0.5) is 0 Å². The van der Waals surface area contributed by atoms with Gasteiger partial charge in [-0.3, -0.25) is 4.79 Å². The number of nitrogens with one attached hydrogen (secondary N) is 1. The van der Waals surface area contributed by atoms with E-state index < -0.39 is 10.0 Å². The molecule has 134 valence electrons. The van der Waals surface area contributed by atoms with Gasteiger partial charge in [0.1, 0.15) is 0 Å². The second kappa shape index (κ2) is 8.27.